The van der Waals surface area contributed by atoms with E-state index in [9.17, 15) is 9.59 Å². The molecule has 4 rings (SSSR count). The Bertz CT molecular complexity index is 872. The van der Waals surface area contributed by atoms with Gasteiger partial charge in [0.2, 0.25) is 11.8 Å². The summed E-state index contributed by atoms with van der Waals surface area (Å²) in [5, 5.41) is 3.92. The van der Waals surface area contributed by atoms with Gasteiger partial charge in [0.05, 0.1) is 22.5 Å². The van der Waals surface area contributed by atoms with Crippen molar-refractivity contribution in [3.05, 3.63) is 69.7 Å². The summed E-state index contributed by atoms with van der Waals surface area (Å²) < 4.78 is 0. The second-order valence-electron chi connectivity index (χ2n) is 7.10. The molecule has 2 amide bonds. The minimum Gasteiger partial charge on any atom is -0.354 e. The zero-order chi connectivity index (χ0) is 19.0. The SMILES string of the molecule is O=C1CC(c2ccccc2)N(C(=O)C2CC2c2cccc(Cl)c2Cl)CCN1. The Kier molecular flexibility index (Phi) is 5.11. The molecule has 2 fully saturated rings. The predicted molar refractivity (Wildman–Crippen MR) is 106 cm³/mol. The van der Waals surface area contributed by atoms with E-state index in [1.165, 1.54) is 0 Å². The van der Waals surface area contributed by atoms with Gasteiger partial charge in [-0.05, 0) is 29.5 Å². The van der Waals surface area contributed by atoms with Crippen molar-refractivity contribution in [2.75, 3.05) is 13.1 Å². The summed E-state index contributed by atoms with van der Waals surface area (Å²) in [6.45, 7) is 0.986. The maximum absolute atomic E-state index is 13.3. The van der Waals surface area contributed by atoms with Gasteiger partial charge in [0.1, 0.15) is 0 Å². The van der Waals surface area contributed by atoms with E-state index in [0.29, 0.717) is 23.1 Å². The van der Waals surface area contributed by atoms with Gasteiger partial charge >= 0.3 is 0 Å². The van der Waals surface area contributed by atoms with Crippen LogP contribution in [0.1, 0.15) is 35.9 Å². The first-order valence-electron chi connectivity index (χ1n) is 9.12. The molecule has 2 aromatic carbocycles. The molecule has 0 bridgehead atoms. The standard InChI is InChI=1S/C21H20Cl2N2O2/c22-17-8-4-7-14(20(17)23)15-11-16(15)21(27)25-10-9-24-19(26)12-18(25)13-5-2-1-3-6-13/h1-8,15-16,18H,9-12H2,(H,24,26). The summed E-state index contributed by atoms with van der Waals surface area (Å²) in [5.74, 6) is 0.0400. The van der Waals surface area contributed by atoms with Crippen LogP contribution in [0.2, 0.25) is 10.0 Å². The Morgan fingerprint density at radius 1 is 1.07 bits per heavy atom. The van der Waals surface area contributed by atoms with Crippen LogP contribution in [0, 0.1) is 5.92 Å². The molecule has 0 aromatic heterocycles. The van der Waals surface area contributed by atoms with Gasteiger partial charge in [0, 0.05) is 19.0 Å². The number of amides is 2. The number of hydrogen-bond donors (Lipinski definition) is 1. The molecular weight excluding hydrogens is 383 g/mol. The zero-order valence-electron chi connectivity index (χ0n) is 14.7. The highest BCUT2D eigenvalue weighted by molar-refractivity contribution is 6.42. The van der Waals surface area contributed by atoms with E-state index in [4.69, 9.17) is 23.2 Å². The molecule has 0 spiro atoms. The smallest absolute Gasteiger partial charge is 0.226 e. The van der Waals surface area contributed by atoms with Gasteiger partial charge in [-0.3, -0.25) is 9.59 Å². The molecule has 3 unspecified atom stereocenters. The summed E-state index contributed by atoms with van der Waals surface area (Å²) in [6.07, 6.45) is 1.04. The molecule has 140 valence electrons. The van der Waals surface area contributed by atoms with Gasteiger partial charge in [0.15, 0.2) is 0 Å². The Morgan fingerprint density at radius 3 is 2.63 bits per heavy atom. The highest BCUT2D eigenvalue weighted by atomic mass is 35.5. The van der Waals surface area contributed by atoms with Crippen molar-refractivity contribution in [2.45, 2.75) is 24.8 Å². The molecule has 3 atom stereocenters. The Balaban J connectivity index is 1.58. The van der Waals surface area contributed by atoms with Crippen LogP contribution in [0.15, 0.2) is 48.5 Å². The van der Waals surface area contributed by atoms with Crippen molar-refractivity contribution in [2.24, 2.45) is 5.92 Å². The molecule has 1 saturated heterocycles. The van der Waals surface area contributed by atoms with Crippen molar-refractivity contribution in [3.8, 4) is 0 Å². The summed E-state index contributed by atoms with van der Waals surface area (Å²) >= 11 is 12.5. The molecule has 1 aliphatic heterocycles. The number of hydrogen-bond acceptors (Lipinski definition) is 2. The molecule has 4 nitrogen and oxygen atoms in total. The van der Waals surface area contributed by atoms with E-state index in [1.54, 1.807) is 6.07 Å². The van der Waals surface area contributed by atoms with E-state index in [-0.39, 0.29) is 36.1 Å². The minimum atomic E-state index is -0.239. The topological polar surface area (TPSA) is 49.4 Å². The predicted octanol–water partition coefficient (Wildman–Crippen LogP) is 4.19. The third kappa shape index (κ3) is 3.69. The quantitative estimate of drug-likeness (QED) is 0.836. The molecule has 27 heavy (non-hydrogen) atoms. The lowest BCUT2D eigenvalue weighted by Gasteiger charge is -2.30. The summed E-state index contributed by atoms with van der Waals surface area (Å²) in [7, 11) is 0. The third-order valence-electron chi connectivity index (χ3n) is 5.39. The lowest BCUT2D eigenvalue weighted by atomic mass is 10.0. The largest absolute Gasteiger partial charge is 0.354 e. The van der Waals surface area contributed by atoms with Gasteiger partial charge in [-0.1, -0.05) is 65.7 Å². The average Bonchev–Trinajstić information content (AvgIpc) is 3.48. The normalized spacial score (nSPS) is 24.9. The molecule has 0 radical (unpaired) electrons. The Labute approximate surface area is 168 Å². The molecule has 1 heterocycles. The van der Waals surface area contributed by atoms with E-state index >= 15 is 0 Å². The fourth-order valence-corrected chi connectivity index (χ4v) is 4.35. The Morgan fingerprint density at radius 2 is 1.85 bits per heavy atom. The van der Waals surface area contributed by atoms with Crippen molar-refractivity contribution in [1.29, 1.82) is 0 Å². The second kappa shape index (κ2) is 7.53. The number of nitrogens with zero attached hydrogens (tertiary/aromatic N) is 1. The molecule has 1 saturated carbocycles. The maximum Gasteiger partial charge on any atom is 0.226 e. The number of rotatable bonds is 3. The summed E-state index contributed by atoms with van der Waals surface area (Å²) in [4.78, 5) is 27.3. The molecule has 6 heteroatoms. The van der Waals surface area contributed by atoms with Crippen LogP contribution in [0.5, 0.6) is 0 Å². The monoisotopic (exact) mass is 402 g/mol. The second-order valence-corrected chi connectivity index (χ2v) is 7.89. The van der Waals surface area contributed by atoms with Crippen molar-refractivity contribution < 1.29 is 9.59 Å². The summed E-state index contributed by atoms with van der Waals surface area (Å²) in [6, 6.07) is 15.1. The number of halogens is 2. The van der Waals surface area contributed by atoms with Crippen LogP contribution < -0.4 is 5.32 Å². The van der Waals surface area contributed by atoms with Crippen LogP contribution in [-0.2, 0) is 9.59 Å². The molecule has 1 N–H and O–H groups in total. The lowest BCUT2D eigenvalue weighted by Crippen LogP contribution is -2.37. The van der Waals surface area contributed by atoms with Gasteiger partial charge in [-0.2, -0.15) is 0 Å². The fraction of sp³-hybridized carbons (Fsp3) is 0.333. The van der Waals surface area contributed by atoms with Crippen LogP contribution in [0.3, 0.4) is 0 Å². The number of carbonyl (C=O) groups excluding carboxylic acids is 2. The van der Waals surface area contributed by atoms with E-state index in [1.807, 2.05) is 47.4 Å². The van der Waals surface area contributed by atoms with Gasteiger partial charge < -0.3 is 10.2 Å². The minimum absolute atomic E-state index is 0.0237. The van der Waals surface area contributed by atoms with Gasteiger partial charge in [-0.15, -0.1) is 0 Å². The molecule has 2 aliphatic rings. The Hall–Kier alpha value is -2.04. The first-order chi connectivity index (χ1) is 13.1. The lowest BCUT2D eigenvalue weighted by molar-refractivity contribution is -0.135. The summed E-state index contributed by atoms with van der Waals surface area (Å²) in [5.41, 5.74) is 1.92. The van der Waals surface area contributed by atoms with Gasteiger partial charge in [0.25, 0.3) is 0 Å². The number of benzene rings is 2. The van der Waals surface area contributed by atoms with E-state index in [2.05, 4.69) is 5.32 Å². The van der Waals surface area contributed by atoms with Crippen molar-refractivity contribution in [3.63, 3.8) is 0 Å². The molecule has 2 aromatic rings. The maximum atomic E-state index is 13.3. The van der Waals surface area contributed by atoms with Crippen LogP contribution in [-0.4, -0.2) is 29.8 Å². The number of nitrogens with one attached hydrogen (secondary N) is 1. The molecular formula is C21H20Cl2N2O2. The van der Waals surface area contributed by atoms with E-state index < -0.39 is 0 Å². The van der Waals surface area contributed by atoms with E-state index in [0.717, 1.165) is 17.5 Å². The van der Waals surface area contributed by atoms with Crippen LogP contribution in [0.4, 0.5) is 0 Å². The fourth-order valence-electron chi connectivity index (χ4n) is 3.90. The van der Waals surface area contributed by atoms with Crippen LogP contribution >= 0.6 is 23.2 Å². The first-order valence-corrected chi connectivity index (χ1v) is 9.88. The van der Waals surface area contributed by atoms with Crippen LogP contribution in [0.25, 0.3) is 0 Å². The third-order valence-corrected chi connectivity index (χ3v) is 6.22. The first kappa shape index (κ1) is 18.3. The molecule has 1 aliphatic carbocycles. The van der Waals surface area contributed by atoms with Crippen molar-refractivity contribution >= 4 is 35.0 Å². The van der Waals surface area contributed by atoms with Gasteiger partial charge in [-0.25, -0.2) is 0 Å². The average molecular weight is 403 g/mol. The zero-order valence-corrected chi connectivity index (χ0v) is 16.2. The van der Waals surface area contributed by atoms with Crippen molar-refractivity contribution in [1.82, 2.24) is 10.2 Å². The number of carbonyl (C=O) groups is 2. The highest BCUT2D eigenvalue weighted by Gasteiger charge is 2.48. The highest BCUT2D eigenvalue weighted by Crippen LogP contribution is 2.52.